The monoisotopic (exact) mass is 280 g/mol. The van der Waals surface area contributed by atoms with Gasteiger partial charge in [-0.2, -0.15) is 0 Å². The second-order valence-corrected chi connectivity index (χ2v) is 5.15. The van der Waals surface area contributed by atoms with Crippen molar-refractivity contribution in [3.63, 3.8) is 0 Å². The summed E-state index contributed by atoms with van der Waals surface area (Å²) >= 11 is 0. The third-order valence-electron chi connectivity index (χ3n) is 3.62. The molecule has 1 N–H and O–H groups in total. The molecule has 0 aliphatic heterocycles. The normalized spacial score (nSPS) is 11.0. The van der Waals surface area contributed by atoms with Crippen LogP contribution in [0.5, 0.6) is 0 Å². The number of benzene rings is 1. The summed E-state index contributed by atoms with van der Waals surface area (Å²) in [5.41, 5.74) is 2.44. The van der Waals surface area contributed by atoms with Crippen LogP contribution in [0, 0.1) is 0 Å². The van der Waals surface area contributed by atoms with Gasteiger partial charge in [-0.1, -0.05) is 24.3 Å². The van der Waals surface area contributed by atoms with Crippen molar-refractivity contribution in [2.45, 2.75) is 19.4 Å². The molecule has 0 bridgehead atoms. The molecule has 0 amide bonds. The van der Waals surface area contributed by atoms with Gasteiger partial charge in [-0.15, -0.1) is 0 Å². The number of hydrogen-bond acceptors (Lipinski definition) is 3. The molecule has 4 heteroatoms. The predicted molar refractivity (Wildman–Crippen MR) is 85.2 cm³/mol. The summed E-state index contributed by atoms with van der Waals surface area (Å²) < 4.78 is 2.11. The summed E-state index contributed by atoms with van der Waals surface area (Å²) in [6.07, 6.45) is 9.68. The van der Waals surface area contributed by atoms with Crippen LogP contribution in [0.15, 0.2) is 55.2 Å². The molecule has 0 aliphatic rings. The zero-order valence-electron chi connectivity index (χ0n) is 12.1. The first-order chi connectivity index (χ1) is 10.4. The Morgan fingerprint density at radius 2 is 2.00 bits per heavy atom. The van der Waals surface area contributed by atoms with Crippen LogP contribution in [0.2, 0.25) is 0 Å². The quantitative estimate of drug-likeness (QED) is 0.677. The molecule has 21 heavy (non-hydrogen) atoms. The van der Waals surface area contributed by atoms with Crippen molar-refractivity contribution in [3.8, 4) is 0 Å². The lowest BCUT2D eigenvalue weighted by Gasteiger charge is -2.07. The number of aryl methyl sites for hydroxylation is 1. The van der Waals surface area contributed by atoms with Gasteiger partial charge in [-0.25, -0.2) is 4.98 Å². The molecule has 1 aromatic carbocycles. The molecule has 0 fully saturated rings. The van der Waals surface area contributed by atoms with Gasteiger partial charge in [0, 0.05) is 30.5 Å². The fraction of sp³-hybridized carbons (Fsp3) is 0.294. The maximum Gasteiger partial charge on any atom is 0.0945 e. The Bertz CT molecular complexity index is 671. The summed E-state index contributed by atoms with van der Waals surface area (Å²) in [5, 5.41) is 4.72. The molecule has 0 saturated carbocycles. The van der Waals surface area contributed by atoms with E-state index in [9.17, 15) is 0 Å². The molecule has 0 radical (unpaired) electrons. The minimum absolute atomic E-state index is 0.986. The van der Waals surface area contributed by atoms with Crippen LogP contribution in [0.1, 0.15) is 12.0 Å². The second kappa shape index (κ2) is 6.99. The first-order valence-corrected chi connectivity index (χ1v) is 7.42. The fourth-order valence-electron chi connectivity index (χ4n) is 2.52. The smallest absolute Gasteiger partial charge is 0.0945 e. The van der Waals surface area contributed by atoms with Crippen molar-refractivity contribution in [1.82, 2.24) is 19.9 Å². The van der Waals surface area contributed by atoms with Crippen molar-refractivity contribution in [2.24, 2.45) is 0 Å². The molecule has 0 unspecified atom stereocenters. The van der Waals surface area contributed by atoms with E-state index in [1.165, 1.54) is 10.9 Å². The number of fused-ring (bicyclic) bond motifs is 1. The number of nitrogens with zero attached hydrogens (tertiary/aromatic N) is 3. The highest BCUT2D eigenvalue weighted by atomic mass is 15.0. The molecule has 2 heterocycles. The van der Waals surface area contributed by atoms with E-state index in [4.69, 9.17) is 0 Å². The van der Waals surface area contributed by atoms with E-state index in [1.807, 2.05) is 31.0 Å². The Hall–Kier alpha value is -2.20. The maximum absolute atomic E-state index is 4.49. The van der Waals surface area contributed by atoms with Crippen molar-refractivity contribution in [2.75, 3.05) is 13.1 Å². The van der Waals surface area contributed by atoms with E-state index < -0.39 is 0 Å². The molecule has 4 nitrogen and oxygen atoms in total. The molecular weight excluding hydrogens is 260 g/mol. The van der Waals surface area contributed by atoms with E-state index in [2.05, 4.69) is 44.1 Å². The molecule has 3 rings (SSSR count). The zero-order valence-corrected chi connectivity index (χ0v) is 12.1. The van der Waals surface area contributed by atoms with Crippen LogP contribution in [-0.4, -0.2) is 27.6 Å². The minimum Gasteiger partial charge on any atom is -0.337 e. The number of nitrogens with one attached hydrogen (secondary N) is 1. The summed E-state index contributed by atoms with van der Waals surface area (Å²) in [7, 11) is 0. The maximum atomic E-state index is 4.49. The van der Waals surface area contributed by atoms with Gasteiger partial charge in [-0.05, 0) is 37.6 Å². The van der Waals surface area contributed by atoms with Gasteiger partial charge in [0.25, 0.3) is 0 Å². The van der Waals surface area contributed by atoms with Gasteiger partial charge in [0.15, 0.2) is 0 Å². The van der Waals surface area contributed by atoms with Crippen molar-refractivity contribution < 1.29 is 0 Å². The fourth-order valence-corrected chi connectivity index (χ4v) is 2.52. The van der Waals surface area contributed by atoms with E-state index in [0.717, 1.165) is 38.0 Å². The zero-order chi connectivity index (χ0) is 14.3. The molecule has 0 spiro atoms. The predicted octanol–water partition coefficient (Wildman–Crippen LogP) is 2.65. The van der Waals surface area contributed by atoms with Gasteiger partial charge in [0.1, 0.15) is 0 Å². The second-order valence-electron chi connectivity index (χ2n) is 5.15. The third-order valence-corrected chi connectivity index (χ3v) is 3.62. The average molecular weight is 280 g/mol. The van der Waals surface area contributed by atoms with Gasteiger partial charge in [-0.3, -0.25) is 4.98 Å². The van der Waals surface area contributed by atoms with Crippen LogP contribution in [0.3, 0.4) is 0 Å². The van der Waals surface area contributed by atoms with Crippen LogP contribution in [0.4, 0.5) is 0 Å². The van der Waals surface area contributed by atoms with E-state index >= 15 is 0 Å². The topological polar surface area (TPSA) is 42.7 Å². The number of rotatable bonds is 7. The van der Waals surface area contributed by atoms with Crippen molar-refractivity contribution in [3.05, 3.63) is 60.8 Å². The number of para-hydroxylation sites is 1. The highest BCUT2D eigenvalue weighted by molar-refractivity contribution is 5.81. The molecule has 2 aromatic heterocycles. The van der Waals surface area contributed by atoms with Crippen molar-refractivity contribution >= 4 is 10.9 Å². The summed E-state index contributed by atoms with van der Waals surface area (Å²) in [4.78, 5) is 8.53. The first-order valence-electron chi connectivity index (χ1n) is 7.42. The highest BCUT2D eigenvalue weighted by Crippen LogP contribution is 2.15. The number of aromatic nitrogens is 3. The van der Waals surface area contributed by atoms with Crippen LogP contribution in [0.25, 0.3) is 10.9 Å². The Balaban J connectivity index is 1.44. The average Bonchev–Trinajstić information content (AvgIpc) is 3.04. The number of hydrogen-bond donors (Lipinski definition) is 1. The summed E-state index contributed by atoms with van der Waals surface area (Å²) in [6, 6.07) is 10.5. The van der Waals surface area contributed by atoms with Gasteiger partial charge < -0.3 is 9.88 Å². The van der Waals surface area contributed by atoms with Crippen LogP contribution < -0.4 is 5.32 Å². The van der Waals surface area contributed by atoms with E-state index in [-0.39, 0.29) is 0 Å². The van der Waals surface area contributed by atoms with Crippen LogP contribution in [-0.2, 0) is 13.0 Å². The highest BCUT2D eigenvalue weighted by Gasteiger charge is 2.01. The lowest BCUT2D eigenvalue weighted by Crippen LogP contribution is -2.19. The Labute approximate surface area is 124 Å². The van der Waals surface area contributed by atoms with Gasteiger partial charge in [0.2, 0.25) is 0 Å². The van der Waals surface area contributed by atoms with E-state index in [0.29, 0.717) is 0 Å². The van der Waals surface area contributed by atoms with Crippen molar-refractivity contribution in [1.29, 1.82) is 0 Å². The van der Waals surface area contributed by atoms with E-state index in [1.54, 1.807) is 0 Å². The lowest BCUT2D eigenvalue weighted by atomic mass is 10.1. The minimum atomic E-state index is 0.986. The molecule has 108 valence electrons. The first kappa shape index (κ1) is 13.8. The number of pyridine rings is 1. The Morgan fingerprint density at radius 1 is 1.05 bits per heavy atom. The number of imidazole rings is 1. The third kappa shape index (κ3) is 3.67. The van der Waals surface area contributed by atoms with Crippen LogP contribution >= 0.6 is 0 Å². The largest absolute Gasteiger partial charge is 0.337 e. The molecule has 0 aliphatic carbocycles. The lowest BCUT2D eigenvalue weighted by molar-refractivity contribution is 0.582. The summed E-state index contributed by atoms with van der Waals surface area (Å²) in [5.74, 6) is 0. The van der Waals surface area contributed by atoms with Gasteiger partial charge in [0.05, 0.1) is 11.8 Å². The summed E-state index contributed by atoms with van der Waals surface area (Å²) in [6.45, 7) is 3.03. The Morgan fingerprint density at radius 3 is 2.90 bits per heavy atom. The molecule has 0 saturated heterocycles. The molecule has 0 atom stereocenters. The SMILES string of the molecule is c1cnc2c(CCNCCCn3ccnc3)cccc2c1. The molecule has 3 aromatic rings. The van der Waals surface area contributed by atoms with Gasteiger partial charge >= 0.3 is 0 Å². The Kier molecular flexibility index (Phi) is 4.59. The molecular formula is C17H20N4. The standard InChI is InChI=1S/C17H20N4/c1-4-15-6-2-9-20-17(15)16(5-1)7-10-18-8-3-12-21-13-11-19-14-21/h1-2,4-6,9,11,13-14,18H,3,7-8,10,12H2.